The van der Waals surface area contributed by atoms with Crippen molar-refractivity contribution in [3.8, 4) is 0 Å². The van der Waals surface area contributed by atoms with E-state index in [9.17, 15) is 0 Å². The van der Waals surface area contributed by atoms with E-state index in [1.807, 2.05) is 0 Å². The molecule has 1 aliphatic heterocycles. The van der Waals surface area contributed by atoms with Crippen LogP contribution < -0.4 is 16.4 Å². The maximum absolute atomic E-state index is 8.43. The van der Waals surface area contributed by atoms with Gasteiger partial charge >= 0.3 is 0 Å². The fourth-order valence-corrected chi connectivity index (χ4v) is 0.708. The van der Waals surface area contributed by atoms with Crippen LogP contribution in [0.15, 0.2) is 0 Å². The predicted molar refractivity (Wildman–Crippen MR) is 29.8 cm³/mol. The minimum atomic E-state index is 0.251. The van der Waals surface area contributed by atoms with Crippen molar-refractivity contribution in [2.24, 2.45) is 0 Å². The molecule has 0 bridgehead atoms. The van der Waals surface area contributed by atoms with Gasteiger partial charge in [0.05, 0.1) is 0 Å². The van der Waals surface area contributed by atoms with Gasteiger partial charge in [-0.1, -0.05) is 0 Å². The van der Waals surface area contributed by atoms with E-state index < -0.39 is 0 Å². The maximum atomic E-state index is 8.43. The first-order chi connectivity index (χ1) is 3.93. The molecule has 0 saturated carbocycles. The molecule has 4 nitrogen and oxygen atoms in total. The number of hydrazine groups is 2. The van der Waals surface area contributed by atoms with Crippen molar-refractivity contribution in [3.05, 3.63) is 0 Å². The molecule has 1 saturated heterocycles. The third kappa shape index (κ3) is 1.41. The lowest BCUT2D eigenvalue weighted by molar-refractivity contribution is 0.271. The SMILES string of the molecule is OCCC1CNNN1. The van der Waals surface area contributed by atoms with Gasteiger partial charge in [-0.05, 0) is 6.42 Å². The molecule has 8 heavy (non-hydrogen) atoms. The largest absolute Gasteiger partial charge is 0.396 e. The molecule has 1 aliphatic rings. The van der Waals surface area contributed by atoms with Crippen LogP contribution in [0, 0.1) is 0 Å². The van der Waals surface area contributed by atoms with Crippen LogP contribution in [0.4, 0.5) is 0 Å². The summed E-state index contributed by atoms with van der Waals surface area (Å²) < 4.78 is 0. The van der Waals surface area contributed by atoms with Gasteiger partial charge in [0, 0.05) is 19.2 Å². The van der Waals surface area contributed by atoms with Crippen molar-refractivity contribution in [2.75, 3.05) is 13.2 Å². The second-order valence-corrected chi connectivity index (χ2v) is 1.86. The first-order valence-corrected chi connectivity index (χ1v) is 2.77. The van der Waals surface area contributed by atoms with Gasteiger partial charge in [0.25, 0.3) is 0 Å². The van der Waals surface area contributed by atoms with Gasteiger partial charge in [0.15, 0.2) is 0 Å². The Morgan fingerprint density at radius 3 is 3.00 bits per heavy atom. The minimum Gasteiger partial charge on any atom is -0.396 e. The molecule has 0 spiro atoms. The summed E-state index contributed by atoms with van der Waals surface area (Å²) in [6.45, 7) is 1.14. The van der Waals surface area contributed by atoms with Gasteiger partial charge < -0.3 is 5.11 Å². The Labute approximate surface area is 48.2 Å². The van der Waals surface area contributed by atoms with Crippen LogP contribution in [0.25, 0.3) is 0 Å². The molecular formula is C4H11N3O. The van der Waals surface area contributed by atoms with Crippen molar-refractivity contribution in [2.45, 2.75) is 12.5 Å². The standard InChI is InChI=1S/C4H11N3O/c8-2-1-4-3-5-7-6-4/h4-8H,1-3H2. The number of rotatable bonds is 2. The van der Waals surface area contributed by atoms with Crippen LogP contribution in [0.2, 0.25) is 0 Å². The number of aliphatic hydroxyl groups excluding tert-OH is 1. The third-order valence-electron chi connectivity index (χ3n) is 1.19. The zero-order chi connectivity index (χ0) is 5.82. The highest BCUT2D eigenvalue weighted by Gasteiger charge is 2.10. The molecular weight excluding hydrogens is 106 g/mol. The van der Waals surface area contributed by atoms with Gasteiger partial charge in [-0.25, -0.2) is 10.9 Å². The van der Waals surface area contributed by atoms with Crippen LogP contribution >= 0.6 is 0 Å². The summed E-state index contributed by atoms with van der Waals surface area (Å²) in [4.78, 5) is 0. The monoisotopic (exact) mass is 117 g/mol. The van der Waals surface area contributed by atoms with Gasteiger partial charge in [-0.3, -0.25) is 0 Å². The average Bonchev–Trinajstić information content (AvgIpc) is 2.19. The summed E-state index contributed by atoms with van der Waals surface area (Å²) in [5.41, 5.74) is 8.57. The number of aliphatic hydroxyl groups is 1. The van der Waals surface area contributed by atoms with E-state index in [1.165, 1.54) is 0 Å². The number of hydrogen-bond acceptors (Lipinski definition) is 4. The Kier molecular flexibility index (Phi) is 2.23. The lowest BCUT2D eigenvalue weighted by Gasteiger charge is -2.02. The maximum Gasteiger partial charge on any atom is 0.0446 e. The number of hydrogen-bond donors (Lipinski definition) is 4. The Morgan fingerprint density at radius 2 is 2.50 bits per heavy atom. The Hall–Kier alpha value is -0.160. The molecule has 0 radical (unpaired) electrons. The third-order valence-corrected chi connectivity index (χ3v) is 1.19. The molecule has 1 unspecified atom stereocenters. The second kappa shape index (κ2) is 2.99. The van der Waals surface area contributed by atoms with E-state index in [2.05, 4.69) is 16.4 Å². The highest BCUT2D eigenvalue weighted by molar-refractivity contribution is 4.69. The smallest absolute Gasteiger partial charge is 0.0446 e. The topological polar surface area (TPSA) is 56.3 Å². The fraction of sp³-hybridized carbons (Fsp3) is 1.00. The molecule has 1 heterocycles. The first-order valence-electron chi connectivity index (χ1n) is 2.77. The summed E-state index contributed by atoms with van der Waals surface area (Å²) in [5.74, 6) is 0. The molecule has 1 atom stereocenters. The Bertz CT molecular complexity index is 62.3. The zero-order valence-corrected chi connectivity index (χ0v) is 4.65. The highest BCUT2D eigenvalue weighted by atomic mass is 16.3. The molecule has 1 rings (SSSR count). The molecule has 4 N–H and O–H groups in total. The molecule has 0 amide bonds. The lowest BCUT2D eigenvalue weighted by Crippen LogP contribution is -2.33. The van der Waals surface area contributed by atoms with E-state index >= 15 is 0 Å². The summed E-state index contributed by atoms with van der Waals surface area (Å²) in [5, 5.41) is 8.43. The molecule has 0 aromatic carbocycles. The lowest BCUT2D eigenvalue weighted by atomic mass is 10.2. The van der Waals surface area contributed by atoms with E-state index in [0.717, 1.165) is 13.0 Å². The quantitative estimate of drug-likeness (QED) is 0.350. The van der Waals surface area contributed by atoms with Crippen LogP contribution in [0.3, 0.4) is 0 Å². The average molecular weight is 117 g/mol. The van der Waals surface area contributed by atoms with Crippen LogP contribution in [-0.2, 0) is 0 Å². The molecule has 0 aromatic heterocycles. The van der Waals surface area contributed by atoms with Crippen molar-refractivity contribution < 1.29 is 5.11 Å². The molecule has 0 aromatic rings. The molecule has 4 heteroatoms. The number of nitrogens with one attached hydrogen (secondary N) is 3. The molecule has 48 valence electrons. The van der Waals surface area contributed by atoms with Crippen LogP contribution in [0.5, 0.6) is 0 Å². The predicted octanol–water partition coefficient (Wildman–Crippen LogP) is -1.65. The second-order valence-electron chi connectivity index (χ2n) is 1.86. The normalized spacial score (nSPS) is 28.9. The van der Waals surface area contributed by atoms with Gasteiger partial charge in [-0.15, -0.1) is 0 Å². The van der Waals surface area contributed by atoms with E-state index in [0.29, 0.717) is 6.04 Å². The van der Waals surface area contributed by atoms with Crippen molar-refractivity contribution >= 4 is 0 Å². The highest BCUT2D eigenvalue weighted by Crippen LogP contribution is 1.88. The first kappa shape index (κ1) is 5.97. The van der Waals surface area contributed by atoms with Crippen molar-refractivity contribution in [3.63, 3.8) is 0 Å². The molecule has 1 fully saturated rings. The van der Waals surface area contributed by atoms with E-state index in [-0.39, 0.29) is 6.61 Å². The van der Waals surface area contributed by atoms with Gasteiger partial charge in [0.2, 0.25) is 0 Å². The van der Waals surface area contributed by atoms with Crippen molar-refractivity contribution in [1.29, 1.82) is 0 Å². The van der Waals surface area contributed by atoms with E-state index in [4.69, 9.17) is 5.11 Å². The summed E-state index contributed by atoms with van der Waals surface area (Å²) in [6.07, 6.45) is 0.806. The van der Waals surface area contributed by atoms with Crippen molar-refractivity contribution in [1.82, 2.24) is 16.4 Å². The summed E-state index contributed by atoms with van der Waals surface area (Å²) >= 11 is 0. The van der Waals surface area contributed by atoms with Gasteiger partial charge in [-0.2, -0.15) is 5.53 Å². The fourth-order valence-electron chi connectivity index (χ4n) is 0.708. The van der Waals surface area contributed by atoms with Gasteiger partial charge in [0.1, 0.15) is 0 Å². The minimum absolute atomic E-state index is 0.251. The Balaban J connectivity index is 2.06. The summed E-state index contributed by atoms with van der Waals surface area (Å²) in [6, 6.07) is 0.389. The Morgan fingerprint density at radius 1 is 1.62 bits per heavy atom. The van der Waals surface area contributed by atoms with Crippen LogP contribution in [0.1, 0.15) is 6.42 Å². The zero-order valence-electron chi connectivity index (χ0n) is 4.65. The summed E-state index contributed by atoms with van der Waals surface area (Å²) in [7, 11) is 0. The molecule has 0 aliphatic carbocycles. The van der Waals surface area contributed by atoms with E-state index in [1.54, 1.807) is 0 Å². The van der Waals surface area contributed by atoms with Crippen LogP contribution in [-0.4, -0.2) is 24.3 Å².